The fraction of sp³-hybridized carbons (Fsp3) is 0.412. The monoisotopic (exact) mass is 336 g/mol. The van der Waals surface area contributed by atoms with E-state index in [-0.39, 0.29) is 12.0 Å². The van der Waals surface area contributed by atoms with Crippen LogP contribution in [0.1, 0.15) is 36.4 Å². The molecule has 0 radical (unpaired) electrons. The van der Waals surface area contributed by atoms with Gasteiger partial charge in [-0.3, -0.25) is 4.79 Å². The molecule has 0 aliphatic heterocycles. The molecule has 1 aromatic carbocycles. The summed E-state index contributed by atoms with van der Waals surface area (Å²) in [5.41, 5.74) is 1.70. The molecule has 0 atom stereocenters. The zero-order valence-electron chi connectivity index (χ0n) is 13.6. The topological polar surface area (TPSA) is 64.4 Å². The Kier molecular flexibility index (Phi) is 6.19. The van der Waals surface area contributed by atoms with E-state index in [4.69, 9.17) is 20.9 Å². The quantitative estimate of drug-likeness (QED) is 0.780. The van der Waals surface area contributed by atoms with Gasteiger partial charge >= 0.3 is 0 Å². The van der Waals surface area contributed by atoms with Gasteiger partial charge in [0.2, 0.25) is 0 Å². The molecule has 0 unspecified atom stereocenters. The number of aromatic nitrogens is 1. The maximum Gasteiger partial charge on any atom is 0.257 e. The van der Waals surface area contributed by atoms with E-state index < -0.39 is 0 Å². The van der Waals surface area contributed by atoms with Gasteiger partial charge in [-0.05, 0) is 39.3 Å². The molecular weight excluding hydrogens is 316 g/mol. The highest BCUT2D eigenvalue weighted by Crippen LogP contribution is 2.27. The summed E-state index contributed by atoms with van der Waals surface area (Å²) in [6.07, 6.45) is 0.946. The average Bonchev–Trinajstić information content (AvgIpc) is 2.88. The zero-order valence-corrected chi connectivity index (χ0v) is 14.3. The first kappa shape index (κ1) is 17.5. The molecule has 1 aromatic heterocycles. The number of amides is 1. The molecule has 2 aromatic rings. The van der Waals surface area contributed by atoms with E-state index in [0.717, 1.165) is 12.0 Å². The first-order chi connectivity index (χ1) is 11.0. The summed E-state index contributed by atoms with van der Waals surface area (Å²) in [5.74, 6) is 0.277. The third-order valence-corrected chi connectivity index (χ3v) is 3.48. The molecule has 0 spiro atoms. The summed E-state index contributed by atoms with van der Waals surface area (Å²) in [4.78, 5) is 12.4. The molecule has 2 rings (SSSR count). The molecule has 23 heavy (non-hydrogen) atoms. The first-order valence-electron chi connectivity index (χ1n) is 7.61. The molecule has 0 fully saturated rings. The fourth-order valence-corrected chi connectivity index (χ4v) is 2.34. The van der Waals surface area contributed by atoms with Crippen LogP contribution < -0.4 is 5.32 Å². The lowest BCUT2D eigenvalue weighted by Gasteiger charge is -2.08. The van der Waals surface area contributed by atoms with Gasteiger partial charge in [-0.25, -0.2) is 0 Å². The van der Waals surface area contributed by atoms with Crippen molar-refractivity contribution in [1.82, 2.24) is 10.5 Å². The molecule has 0 saturated heterocycles. The molecule has 0 aliphatic carbocycles. The standard InChI is InChI=1S/C17H21ClN2O3/c1-11(2)22-9-5-8-19-17(21)15-12(3)23-20-16(15)13-6-4-7-14(18)10-13/h4,6-7,10-11H,5,8-9H2,1-3H3,(H,19,21). The molecule has 1 N–H and O–H groups in total. The lowest BCUT2D eigenvalue weighted by molar-refractivity contribution is 0.0757. The Labute approximate surface area is 141 Å². The van der Waals surface area contributed by atoms with Crippen LogP contribution >= 0.6 is 11.6 Å². The van der Waals surface area contributed by atoms with Crippen LogP contribution in [0.15, 0.2) is 28.8 Å². The van der Waals surface area contributed by atoms with Crippen molar-refractivity contribution >= 4 is 17.5 Å². The van der Waals surface area contributed by atoms with Gasteiger partial charge in [-0.15, -0.1) is 0 Å². The smallest absolute Gasteiger partial charge is 0.257 e. The van der Waals surface area contributed by atoms with Crippen LogP contribution in [0.2, 0.25) is 5.02 Å². The molecule has 0 aliphatic rings. The van der Waals surface area contributed by atoms with Gasteiger partial charge in [0.15, 0.2) is 0 Å². The van der Waals surface area contributed by atoms with Crippen LogP contribution in [0.5, 0.6) is 0 Å². The van der Waals surface area contributed by atoms with Crippen molar-refractivity contribution in [3.05, 3.63) is 40.6 Å². The van der Waals surface area contributed by atoms with Crippen molar-refractivity contribution in [2.75, 3.05) is 13.2 Å². The highest BCUT2D eigenvalue weighted by atomic mass is 35.5. The van der Waals surface area contributed by atoms with Gasteiger partial charge in [0.25, 0.3) is 5.91 Å². The predicted octanol–water partition coefficient (Wildman–Crippen LogP) is 3.85. The average molecular weight is 337 g/mol. The summed E-state index contributed by atoms with van der Waals surface area (Å²) in [7, 11) is 0. The number of hydrogen-bond donors (Lipinski definition) is 1. The minimum Gasteiger partial charge on any atom is -0.379 e. The molecule has 0 bridgehead atoms. The lowest BCUT2D eigenvalue weighted by Crippen LogP contribution is -2.26. The number of benzene rings is 1. The maximum atomic E-state index is 12.4. The van der Waals surface area contributed by atoms with Gasteiger partial charge in [-0.2, -0.15) is 0 Å². The van der Waals surface area contributed by atoms with E-state index in [2.05, 4.69) is 10.5 Å². The summed E-state index contributed by atoms with van der Waals surface area (Å²) in [6.45, 7) is 6.83. The van der Waals surface area contributed by atoms with Gasteiger partial charge in [0.1, 0.15) is 17.0 Å². The van der Waals surface area contributed by atoms with E-state index in [9.17, 15) is 4.79 Å². The molecular formula is C17H21ClN2O3. The Morgan fingerprint density at radius 3 is 2.91 bits per heavy atom. The highest BCUT2D eigenvalue weighted by Gasteiger charge is 2.21. The largest absolute Gasteiger partial charge is 0.379 e. The summed E-state index contributed by atoms with van der Waals surface area (Å²) in [6, 6.07) is 7.18. The number of aryl methyl sites for hydroxylation is 1. The van der Waals surface area contributed by atoms with E-state index >= 15 is 0 Å². The van der Waals surface area contributed by atoms with Crippen LogP contribution in [0, 0.1) is 6.92 Å². The van der Waals surface area contributed by atoms with Crippen molar-refractivity contribution in [1.29, 1.82) is 0 Å². The Balaban J connectivity index is 2.05. The van der Waals surface area contributed by atoms with E-state index in [1.54, 1.807) is 19.1 Å². The Morgan fingerprint density at radius 1 is 1.43 bits per heavy atom. The predicted molar refractivity (Wildman–Crippen MR) is 89.7 cm³/mol. The first-order valence-corrected chi connectivity index (χ1v) is 7.99. The molecule has 1 amide bonds. The molecule has 0 saturated carbocycles. The van der Waals surface area contributed by atoms with E-state index in [1.165, 1.54) is 0 Å². The Hall–Kier alpha value is -1.85. The summed E-state index contributed by atoms with van der Waals surface area (Å²) < 4.78 is 10.6. The number of rotatable bonds is 7. The second kappa shape index (κ2) is 8.13. The number of nitrogens with one attached hydrogen (secondary N) is 1. The van der Waals surface area contributed by atoms with E-state index in [0.29, 0.717) is 35.2 Å². The normalized spacial score (nSPS) is 11.0. The lowest BCUT2D eigenvalue weighted by atomic mass is 10.1. The van der Waals surface area contributed by atoms with Crippen LogP contribution in [0.4, 0.5) is 0 Å². The minimum atomic E-state index is -0.205. The summed E-state index contributed by atoms with van der Waals surface area (Å²) in [5, 5.41) is 7.45. The minimum absolute atomic E-state index is 0.195. The maximum absolute atomic E-state index is 12.4. The van der Waals surface area contributed by atoms with Gasteiger partial charge in [0.05, 0.1) is 6.10 Å². The zero-order chi connectivity index (χ0) is 16.8. The molecule has 5 nitrogen and oxygen atoms in total. The fourth-order valence-electron chi connectivity index (χ4n) is 2.15. The van der Waals surface area contributed by atoms with Gasteiger partial charge in [0, 0.05) is 23.7 Å². The SMILES string of the molecule is Cc1onc(-c2cccc(Cl)c2)c1C(=O)NCCCOC(C)C. The molecule has 124 valence electrons. The van der Waals surface area contributed by atoms with Gasteiger partial charge < -0.3 is 14.6 Å². The van der Waals surface area contributed by atoms with Crippen molar-refractivity contribution in [2.24, 2.45) is 0 Å². The van der Waals surface area contributed by atoms with Crippen LogP contribution in [-0.2, 0) is 4.74 Å². The number of carbonyl (C=O) groups excluding carboxylic acids is 1. The number of carbonyl (C=O) groups is 1. The number of hydrogen-bond acceptors (Lipinski definition) is 4. The Bertz CT molecular complexity index is 668. The van der Waals surface area contributed by atoms with Crippen molar-refractivity contribution in [2.45, 2.75) is 33.3 Å². The third kappa shape index (κ3) is 4.81. The van der Waals surface area contributed by atoms with Crippen LogP contribution in [-0.4, -0.2) is 30.3 Å². The second-order valence-electron chi connectivity index (χ2n) is 5.50. The van der Waals surface area contributed by atoms with Crippen molar-refractivity contribution in [3.63, 3.8) is 0 Å². The molecule has 6 heteroatoms. The number of halogens is 1. The number of nitrogens with zero attached hydrogens (tertiary/aromatic N) is 1. The van der Waals surface area contributed by atoms with Crippen LogP contribution in [0.25, 0.3) is 11.3 Å². The highest BCUT2D eigenvalue weighted by molar-refractivity contribution is 6.30. The van der Waals surface area contributed by atoms with Crippen molar-refractivity contribution < 1.29 is 14.1 Å². The molecule has 1 heterocycles. The third-order valence-electron chi connectivity index (χ3n) is 3.25. The Morgan fingerprint density at radius 2 is 2.22 bits per heavy atom. The van der Waals surface area contributed by atoms with E-state index in [1.807, 2.05) is 26.0 Å². The van der Waals surface area contributed by atoms with Gasteiger partial charge in [-0.1, -0.05) is 28.9 Å². The second-order valence-corrected chi connectivity index (χ2v) is 5.94. The van der Waals surface area contributed by atoms with Crippen LogP contribution in [0.3, 0.4) is 0 Å². The van der Waals surface area contributed by atoms with Crippen molar-refractivity contribution in [3.8, 4) is 11.3 Å². The number of ether oxygens (including phenoxy) is 1. The summed E-state index contributed by atoms with van der Waals surface area (Å²) >= 11 is 6.00.